The van der Waals surface area contributed by atoms with Gasteiger partial charge in [-0.25, -0.2) is 17.9 Å². The fourth-order valence-electron chi connectivity index (χ4n) is 2.45. The van der Waals surface area contributed by atoms with Crippen molar-refractivity contribution >= 4 is 21.9 Å². The van der Waals surface area contributed by atoms with Crippen LogP contribution in [-0.4, -0.2) is 63.1 Å². The second kappa shape index (κ2) is 7.73. The second-order valence-electron chi connectivity index (χ2n) is 5.37. The summed E-state index contributed by atoms with van der Waals surface area (Å²) in [7, 11) is -2.15. The Bertz CT molecular complexity index is 701. The lowest BCUT2D eigenvalue weighted by atomic mass is 10.1. The van der Waals surface area contributed by atoms with Gasteiger partial charge in [-0.3, -0.25) is 4.79 Å². The minimum absolute atomic E-state index is 0.00233. The average molecular weight is 356 g/mol. The zero-order valence-electron chi connectivity index (χ0n) is 13.3. The van der Waals surface area contributed by atoms with Gasteiger partial charge in [0.05, 0.1) is 18.1 Å². The van der Waals surface area contributed by atoms with Gasteiger partial charge in [-0.2, -0.15) is 0 Å². The number of hydrogen-bond acceptors (Lipinski definition) is 5. The molecule has 132 valence electrons. The predicted molar refractivity (Wildman–Crippen MR) is 85.0 cm³/mol. The van der Waals surface area contributed by atoms with Gasteiger partial charge < -0.3 is 14.7 Å². The highest BCUT2D eigenvalue weighted by atomic mass is 32.2. The SMILES string of the molecule is CNS(=O)(=O)c1ccc(CCC(=O)N2CCOC[C@H]2C(=O)O)cc1. The Hall–Kier alpha value is -1.97. The van der Waals surface area contributed by atoms with E-state index in [0.717, 1.165) is 5.56 Å². The van der Waals surface area contributed by atoms with Gasteiger partial charge in [0.15, 0.2) is 6.04 Å². The van der Waals surface area contributed by atoms with Crippen molar-refractivity contribution in [3.05, 3.63) is 29.8 Å². The van der Waals surface area contributed by atoms with Gasteiger partial charge in [-0.15, -0.1) is 0 Å². The number of nitrogens with zero attached hydrogens (tertiary/aromatic N) is 1. The maximum atomic E-state index is 12.3. The fraction of sp³-hybridized carbons (Fsp3) is 0.467. The third-order valence-corrected chi connectivity index (χ3v) is 5.29. The fourth-order valence-corrected chi connectivity index (χ4v) is 3.18. The maximum absolute atomic E-state index is 12.3. The molecule has 1 aliphatic rings. The summed E-state index contributed by atoms with van der Waals surface area (Å²) in [4.78, 5) is 24.9. The summed E-state index contributed by atoms with van der Waals surface area (Å²) < 4.78 is 30.6. The van der Waals surface area contributed by atoms with Gasteiger partial charge in [0, 0.05) is 13.0 Å². The molecule has 0 saturated carbocycles. The highest BCUT2D eigenvalue weighted by Gasteiger charge is 2.32. The lowest BCUT2D eigenvalue weighted by molar-refractivity contribution is -0.158. The molecule has 0 bridgehead atoms. The molecule has 2 rings (SSSR count). The van der Waals surface area contributed by atoms with Crippen molar-refractivity contribution in [2.45, 2.75) is 23.8 Å². The molecule has 0 aliphatic carbocycles. The molecule has 0 radical (unpaired) electrons. The van der Waals surface area contributed by atoms with Crippen LogP contribution in [0.2, 0.25) is 0 Å². The maximum Gasteiger partial charge on any atom is 0.328 e. The van der Waals surface area contributed by atoms with E-state index in [1.807, 2.05) is 0 Å². The Labute approximate surface area is 140 Å². The third kappa shape index (κ3) is 4.31. The van der Waals surface area contributed by atoms with Crippen LogP contribution in [0.1, 0.15) is 12.0 Å². The molecule has 1 fully saturated rings. The molecule has 9 heteroatoms. The number of amides is 1. The molecule has 1 saturated heterocycles. The molecular formula is C15H20N2O6S. The van der Waals surface area contributed by atoms with Gasteiger partial charge in [0.2, 0.25) is 15.9 Å². The summed E-state index contributed by atoms with van der Waals surface area (Å²) in [5.41, 5.74) is 0.804. The summed E-state index contributed by atoms with van der Waals surface area (Å²) >= 11 is 0. The summed E-state index contributed by atoms with van der Waals surface area (Å²) in [5.74, 6) is -1.33. The van der Waals surface area contributed by atoms with Crippen molar-refractivity contribution in [2.24, 2.45) is 0 Å². The number of nitrogens with one attached hydrogen (secondary N) is 1. The van der Waals surface area contributed by atoms with Crippen LogP contribution in [0.25, 0.3) is 0 Å². The first-order chi connectivity index (χ1) is 11.3. The van der Waals surface area contributed by atoms with Crippen molar-refractivity contribution < 1.29 is 27.9 Å². The molecule has 24 heavy (non-hydrogen) atoms. The number of aryl methyl sites for hydroxylation is 1. The van der Waals surface area contributed by atoms with Crippen LogP contribution in [0.3, 0.4) is 0 Å². The Morgan fingerprint density at radius 2 is 2.00 bits per heavy atom. The Kier molecular flexibility index (Phi) is 5.92. The van der Waals surface area contributed by atoms with E-state index in [-0.39, 0.29) is 30.4 Å². The molecule has 8 nitrogen and oxygen atoms in total. The lowest BCUT2D eigenvalue weighted by Crippen LogP contribution is -2.52. The highest BCUT2D eigenvalue weighted by Crippen LogP contribution is 2.14. The summed E-state index contributed by atoms with van der Waals surface area (Å²) in [6.07, 6.45) is 0.560. The zero-order chi connectivity index (χ0) is 17.7. The van der Waals surface area contributed by atoms with Crippen molar-refractivity contribution in [3.8, 4) is 0 Å². The minimum atomic E-state index is -3.48. The molecule has 0 spiro atoms. The van der Waals surface area contributed by atoms with Crippen molar-refractivity contribution in [3.63, 3.8) is 0 Å². The van der Waals surface area contributed by atoms with Gasteiger partial charge in [0.25, 0.3) is 0 Å². The molecule has 0 unspecified atom stereocenters. The third-order valence-electron chi connectivity index (χ3n) is 3.86. The summed E-state index contributed by atoms with van der Waals surface area (Å²) in [5, 5.41) is 9.14. The van der Waals surface area contributed by atoms with E-state index in [9.17, 15) is 18.0 Å². The van der Waals surface area contributed by atoms with Crippen molar-refractivity contribution in [1.29, 1.82) is 0 Å². The zero-order valence-corrected chi connectivity index (χ0v) is 14.1. The van der Waals surface area contributed by atoms with Crippen LogP contribution in [0.4, 0.5) is 0 Å². The monoisotopic (exact) mass is 356 g/mol. The number of carbonyl (C=O) groups is 2. The first-order valence-electron chi connectivity index (χ1n) is 7.47. The number of ether oxygens (including phenoxy) is 1. The largest absolute Gasteiger partial charge is 0.480 e. The molecule has 1 heterocycles. The van der Waals surface area contributed by atoms with Crippen molar-refractivity contribution in [2.75, 3.05) is 26.8 Å². The number of sulfonamides is 1. The highest BCUT2D eigenvalue weighted by molar-refractivity contribution is 7.89. The van der Waals surface area contributed by atoms with Gasteiger partial charge >= 0.3 is 5.97 Å². The molecule has 1 aromatic rings. The summed E-state index contributed by atoms with van der Waals surface area (Å²) in [6.45, 7) is 0.582. The molecule has 0 aromatic heterocycles. The van der Waals surface area contributed by atoms with E-state index < -0.39 is 22.0 Å². The van der Waals surface area contributed by atoms with E-state index in [2.05, 4.69) is 4.72 Å². The van der Waals surface area contributed by atoms with Gasteiger partial charge in [0.1, 0.15) is 0 Å². The number of aliphatic carboxylic acids is 1. The molecule has 2 N–H and O–H groups in total. The molecule has 1 aromatic carbocycles. The van der Waals surface area contributed by atoms with E-state index in [1.165, 1.54) is 24.1 Å². The molecule has 1 aliphatic heterocycles. The van der Waals surface area contributed by atoms with Crippen LogP contribution in [0.15, 0.2) is 29.2 Å². The van der Waals surface area contributed by atoms with E-state index >= 15 is 0 Å². The molecule has 1 amide bonds. The van der Waals surface area contributed by atoms with Crippen LogP contribution in [-0.2, 0) is 30.8 Å². The van der Waals surface area contributed by atoms with E-state index in [4.69, 9.17) is 9.84 Å². The number of morpholine rings is 1. The Balaban J connectivity index is 1.97. The molecular weight excluding hydrogens is 336 g/mol. The Morgan fingerprint density at radius 3 is 2.58 bits per heavy atom. The standard InChI is InChI=1S/C15H20N2O6S/c1-16-24(21,22)12-5-2-11(3-6-12)4-7-14(18)17-8-9-23-10-13(17)15(19)20/h2-3,5-6,13,16H,4,7-10H2,1H3,(H,19,20)/t13-/m0/s1. The quantitative estimate of drug-likeness (QED) is 0.732. The number of benzene rings is 1. The first-order valence-corrected chi connectivity index (χ1v) is 8.96. The average Bonchev–Trinajstić information content (AvgIpc) is 2.60. The molecule has 1 atom stereocenters. The number of carbonyl (C=O) groups excluding carboxylic acids is 1. The predicted octanol–water partition coefficient (Wildman–Crippen LogP) is -0.161. The number of carboxylic acid groups (broad SMARTS) is 1. The van der Waals surface area contributed by atoms with Crippen LogP contribution in [0, 0.1) is 0 Å². The second-order valence-corrected chi connectivity index (χ2v) is 7.25. The van der Waals surface area contributed by atoms with Gasteiger partial charge in [-0.1, -0.05) is 12.1 Å². The number of carboxylic acids is 1. The number of rotatable bonds is 6. The van der Waals surface area contributed by atoms with E-state index in [0.29, 0.717) is 13.0 Å². The minimum Gasteiger partial charge on any atom is -0.480 e. The van der Waals surface area contributed by atoms with E-state index in [1.54, 1.807) is 12.1 Å². The topological polar surface area (TPSA) is 113 Å². The normalized spacial score (nSPS) is 18.4. The smallest absolute Gasteiger partial charge is 0.328 e. The van der Waals surface area contributed by atoms with Crippen molar-refractivity contribution in [1.82, 2.24) is 9.62 Å². The first kappa shape index (κ1) is 18.4. The number of hydrogen-bond donors (Lipinski definition) is 2. The van der Waals surface area contributed by atoms with Gasteiger partial charge in [-0.05, 0) is 31.2 Å². The van der Waals surface area contributed by atoms with Crippen LogP contribution >= 0.6 is 0 Å². The van der Waals surface area contributed by atoms with Crippen LogP contribution in [0.5, 0.6) is 0 Å². The van der Waals surface area contributed by atoms with Crippen LogP contribution < -0.4 is 4.72 Å². The lowest BCUT2D eigenvalue weighted by Gasteiger charge is -2.32. The summed E-state index contributed by atoms with van der Waals surface area (Å²) in [6, 6.07) is 5.28. The Morgan fingerprint density at radius 1 is 1.33 bits per heavy atom.